The lowest BCUT2D eigenvalue weighted by Crippen LogP contribution is -2.55. The molecule has 2 fully saturated rings. The number of carboxylic acids is 1. The summed E-state index contributed by atoms with van der Waals surface area (Å²) in [5, 5.41) is 9.66. The first kappa shape index (κ1) is 13.9. The van der Waals surface area contributed by atoms with Gasteiger partial charge in [-0.2, -0.15) is 0 Å². The van der Waals surface area contributed by atoms with E-state index in [1.165, 1.54) is 12.5 Å². The van der Waals surface area contributed by atoms with Crippen molar-refractivity contribution in [1.29, 1.82) is 0 Å². The fraction of sp³-hybridized carbons (Fsp3) is 0.562. The summed E-state index contributed by atoms with van der Waals surface area (Å²) in [4.78, 5) is 11.8. The average molecular weight is 297 g/mol. The highest BCUT2D eigenvalue weighted by Crippen LogP contribution is 2.62. The van der Waals surface area contributed by atoms with Gasteiger partial charge < -0.3 is 5.11 Å². The van der Waals surface area contributed by atoms with E-state index in [0.29, 0.717) is 12.8 Å². The van der Waals surface area contributed by atoms with Crippen molar-refractivity contribution in [3.8, 4) is 0 Å². The molecule has 0 unspecified atom stereocenters. The second-order valence-electron chi connectivity index (χ2n) is 6.40. The Kier molecular flexibility index (Phi) is 3.28. The molecule has 4 heteroatoms. The van der Waals surface area contributed by atoms with Crippen molar-refractivity contribution in [3.63, 3.8) is 0 Å². The summed E-state index contributed by atoms with van der Waals surface area (Å²) >= 11 is 5.81. The maximum Gasteiger partial charge on any atom is 0.314 e. The van der Waals surface area contributed by atoms with Crippen LogP contribution in [0.25, 0.3) is 0 Å². The van der Waals surface area contributed by atoms with Crippen molar-refractivity contribution in [1.82, 2.24) is 0 Å². The standard InChI is InChI=1S/C16H18ClFO2/c17-12-6-4-5-11(13(12)18)16(14(19)20)9-15(10-16)7-2-1-3-8-15/h4-6H,1-3,7-10H2,(H,19,20). The average Bonchev–Trinajstić information content (AvgIpc) is 2.39. The molecular formula is C16H18ClFO2. The number of benzene rings is 1. The van der Waals surface area contributed by atoms with Crippen LogP contribution in [0.4, 0.5) is 4.39 Å². The molecule has 1 aromatic carbocycles. The lowest BCUT2D eigenvalue weighted by Gasteiger charge is -2.56. The Hall–Kier alpha value is -1.09. The van der Waals surface area contributed by atoms with Crippen LogP contribution in [-0.4, -0.2) is 11.1 Å². The summed E-state index contributed by atoms with van der Waals surface area (Å²) in [6.45, 7) is 0. The third kappa shape index (κ3) is 1.95. The van der Waals surface area contributed by atoms with E-state index in [9.17, 15) is 14.3 Å². The number of hydrogen-bond donors (Lipinski definition) is 1. The number of hydrogen-bond acceptors (Lipinski definition) is 1. The molecule has 0 aromatic heterocycles. The van der Waals surface area contributed by atoms with E-state index in [0.717, 1.165) is 25.7 Å². The van der Waals surface area contributed by atoms with Gasteiger partial charge in [0.15, 0.2) is 0 Å². The molecule has 0 amide bonds. The van der Waals surface area contributed by atoms with Crippen LogP contribution in [0.2, 0.25) is 5.02 Å². The smallest absolute Gasteiger partial charge is 0.314 e. The van der Waals surface area contributed by atoms with E-state index in [-0.39, 0.29) is 16.0 Å². The van der Waals surface area contributed by atoms with Gasteiger partial charge in [0.1, 0.15) is 5.82 Å². The second kappa shape index (κ2) is 4.73. The van der Waals surface area contributed by atoms with Gasteiger partial charge in [0, 0.05) is 5.56 Å². The number of aliphatic carboxylic acids is 1. The van der Waals surface area contributed by atoms with Crippen LogP contribution < -0.4 is 0 Å². The molecule has 108 valence electrons. The topological polar surface area (TPSA) is 37.3 Å². The summed E-state index contributed by atoms with van der Waals surface area (Å²) in [6, 6.07) is 4.67. The Morgan fingerprint density at radius 3 is 2.45 bits per heavy atom. The van der Waals surface area contributed by atoms with Crippen molar-refractivity contribution in [3.05, 3.63) is 34.6 Å². The first-order valence-corrected chi connectivity index (χ1v) is 7.55. The Labute approximate surface area is 122 Å². The Morgan fingerprint density at radius 2 is 1.85 bits per heavy atom. The molecule has 2 saturated carbocycles. The molecule has 2 nitrogen and oxygen atoms in total. The van der Waals surface area contributed by atoms with E-state index in [1.54, 1.807) is 12.1 Å². The fourth-order valence-electron chi connectivity index (χ4n) is 4.21. The van der Waals surface area contributed by atoms with Crippen molar-refractivity contribution < 1.29 is 14.3 Å². The maximum atomic E-state index is 14.2. The lowest BCUT2D eigenvalue weighted by atomic mass is 9.46. The number of carboxylic acid groups (broad SMARTS) is 1. The van der Waals surface area contributed by atoms with Gasteiger partial charge >= 0.3 is 5.97 Å². The monoisotopic (exact) mass is 296 g/mol. The van der Waals surface area contributed by atoms with Crippen molar-refractivity contribution >= 4 is 17.6 Å². The predicted octanol–water partition coefficient (Wildman–Crippen LogP) is 4.55. The molecule has 20 heavy (non-hydrogen) atoms. The molecule has 0 heterocycles. The van der Waals surface area contributed by atoms with Gasteiger partial charge in [0.25, 0.3) is 0 Å². The molecule has 2 aliphatic carbocycles. The zero-order chi connectivity index (χ0) is 14.4. The van der Waals surface area contributed by atoms with E-state index in [4.69, 9.17) is 11.6 Å². The van der Waals surface area contributed by atoms with Crippen LogP contribution in [0.5, 0.6) is 0 Å². The van der Waals surface area contributed by atoms with Crippen molar-refractivity contribution in [2.75, 3.05) is 0 Å². The van der Waals surface area contributed by atoms with Gasteiger partial charge in [0.2, 0.25) is 0 Å². The van der Waals surface area contributed by atoms with Crippen molar-refractivity contribution in [2.24, 2.45) is 5.41 Å². The van der Waals surface area contributed by atoms with Crippen LogP contribution in [0.3, 0.4) is 0 Å². The van der Waals surface area contributed by atoms with Gasteiger partial charge in [-0.3, -0.25) is 4.79 Å². The van der Waals surface area contributed by atoms with Gasteiger partial charge in [-0.05, 0) is 37.2 Å². The molecule has 1 aromatic rings. The first-order valence-electron chi connectivity index (χ1n) is 7.17. The number of halogens is 2. The summed E-state index contributed by atoms with van der Waals surface area (Å²) in [6.07, 6.45) is 6.79. The Bertz CT molecular complexity index is 541. The normalized spacial score (nSPS) is 23.3. The third-order valence-electron chi connectivity index (χ3n) is 5.14. The second-order valence-corrected chi connectivity index (χ2v) is 6.81. The van der Waals surface area contributed by atoms with Gasteiger partial charge in [0.05, 0.1) is 10.4 Å². The summed E-state index contributed by atoms with van der Waals surface area (Å²) in [5.41, 5.74) is -0.703. The highest BCUT2D eigenvalue weighted by atomic mass is 35.5. The third-order valence-corrected chi connectivity index (χ3v) is 5.44. The quantitative estimate of drug-likeness (QED) is 0.869. The maximum absolute atomic E-state index is 14.2. The number of rotatable bonds is 2. The highest BCUT2D eigenvalue weighted by Gasteiger charge is 2.60. The van der Waals surface area contributed by atoms with E-state index < -0.39 is 17.2 Å². The van der Waals surface area contributed by atoms with E-state index in [2.05, 4.69) is 0 Å². The molecule has 0 bridgehead atoms. The summed E-state index contributed by atoms with van der Waals surface area (Å²) in [5.74, 6) is -1.49. The van der Waals surface area contributed by atoms with Crippen LogP contribution in [0, 0.1) is 11.2 Å². The summed E-state index contributed by atoms with van der Waals surface area (Å²) < 4.78 is 14.2. The highest BCUT2D eigenvalue weighted by molar-refractivity contribution is 6.30. The summed E-state index contributed by atoms with van der Waals surface area (Å²) in [7, 11) is 0. The molecule has 2 aliphatic rings. The molecule has 0 saturated heterocycles. The van der Waals surface area contributed by atoms with Crippen molar-refractivity contribution in [2.45, 2.75) is 50.4 Å². The predicted molar refractivity (Wildman–Crippen MR) is 75.5 cm³/mol. The molecule has 1 spiro atoms. The Balaban J connectivity index is 1.95. The first-order chi connectivity index (χ1) is 9.49. The minimum absolute atomic E-state index is 0.00715. The molecule has 0 atom stereocenters. The zero-order valence-corrected chi connectivity index (χ0v) is 12.0. The minimum atomic E-state index is -1.08. The molecular weight excluding hydrogens is 279 g/mol. The van der Waals surface area contributed by atoms with E-state index in [1.807, 2.05) is 0 Å². The Morgan fingerprint density at radius 1 is 1.20 bits per heavy atom. The fourth-order valence-corrected chi connectivity index (χ4v) is 4.39. The lowest BCUT2D eigenvalue weighted by molar-refractivity contribution is -0.157. The molecule has 0 aliphatic heterocycles. The van der Waals surface area contributed by atoms with Gasteiger partial charge in [-0.15, -0.1) is 0 Å². The zero-order valence-electron chi connectivity index (χ0n) is 11.3. The molecule has 1 N–H and O–H groups in total. The largest absolute Gasteiger partial charge is 0.481 e. The van der Waals surface area contributed by atoms with Gasteiger partial charge in [-0.1, -0.05) is 43.0 Å². The molecule has 3 rings (SSSR count). The van der Waals surface area contributed by atoms with Gasteiger partial charge in [-0.25, -0.2) is 4.39 Å². The molecule has 0 radical (unpaired) electrons. The van der Waals surface area contributed by atoms with E-state index >= 15 is 0 Å². The number of carbonyl (C=O) groups is 1. The van der Waals surface area contributed by atoms with Crippen LogP contribution in [0.1, 0.15) is 50.5 Å². The SMILES string of the molecule is O=C(O)C1(c2cccc(Cl)c2F)CC2(CCCCC2)C1. The van der Waals surface area contributed by atoms with Crippen LogP contribution in [-0.2, 0) is 10.2 Å². The van der Waals surface area contributed by atoms with Crippen LogP contribution >= 0.6 is 11.6 Å². The van der Waals surface area contributed by atoms with Crippen LogP contribution in [0.15, 0.2) is 18.2 Å². The minimum Gasteiger partial charge on any atom is -0.481 e.